The fraction of sp³-hybridized carbons (Fsp3) is 0.571. The molecule has 2 aromatic rings. The van der Waals surface area contributed by atoms with Crippen LogP contribution in [0.2, 0.25) is 0 Å². The van der Waals surface area contributed by atoms with E-state index < -0.39 is 0 Å². The third kappa shape index (κ3) is 2.91. The third-order valence-corrected chi connectivity index (χ3v) is 3.91. The van der Waals surface area contributed by atoms with Gasteiger partial charge in [-0.25, -0.2) is 0 Å². The molecule has 0 spiro atoms. The van der Waals surface area contributed by atoms with E-state index in [0.29, 0.717) is 5.92 Å². The van der Waals surface area contributed by atoms with E-state index in [-0.39, 0.29) is 6.61 Å². The van der Waals surface area contributed by atoms with Crippen LogP contribution < -0.4 is 0 Å². The van der Waals surface area contributed by atoms with Gasteiger partial charge >= 0.3 is 0 Å². The molecule has 0 amide bonds. The summed E-state index contributed by atoms with van der Waals surface area (Å²) in [7, 11) is 1.95. The third-order valence-electron chi connectivity index (χ3n) is 3.91. The molecule has 0 unspecified atom stereocenters. The quantitative estimate of drug-likeness (QED) is 0.874. The number of aromatic nitrogens is 4. The number of aryl methyl sites for hydroxylation is 1. The predicted octanol–water partition coefficient (Wildman–Crippen LogP) is 1.02. The Hall–Kier alpha value is -1.66. The lowest BCUT2D eigenvalue weighted by atomic mass is 9.94. The first-order chi connectivity index (χ1) is 9.74. The normalized spacial score (nSPS) is 20.4. The van der Waals surface area contributed by atoms with Gasteiger partial charge in [0.15, 0.2) is 0 Å². The Balaban J connectivity index is 1.64. The second kappa shape index (κ2) is 5.76. The summed E-state index contributed by atoms with van der Waals surface area (Å²) in [6.07, 6.45) is 6.36. The lowest BCUT2D eigenvalue weighted by Crippen LogP contribution is -2.33. The van der Waals surface area contributed by atoms with Gasteiger partial charge in [-0.05, 0) is 25.5 Å². The van der Waals surface area contributed by atoms with Crippen molar-refractivity contribution in [1.29, 1.82) is 0 Å². The maximum absolute atomic E-state index is 9.11. The molecule has 1 fully saturated rings. The summed E-state index contributed by atoms with van der Waals surface area (Å²) >= 11 is 0. The van der Waals surface area contributed by atoms with Crippen LogP contribution in [-0.4, -0.2) is 43.1 Å². The Labute approximate surface area is 118 Å². The standard InChI is InChI=1S/C14H21N5O/c1-18-7-11(6-15-18)8-19-4-2-3-12(9-19)14-5-13(10-20)16-17-14/h5-7,12,20H,2-4,8-10H2,1H3,(H,16,17)/t12-/m1/s1. The molecule has 0 aromatic carbocycles. The number of aromatic amines is 1. The van der Waals surface area contributed by atoms with Crippen LogP contribution in [0, 0.1) is 0 Å². The molecule has 2 aromatic heterocycles. The van der Waals surface area contributed by atoms with Gasteiger partial charge in [0.2, 0.25) is 0 Å². The van der Waals surface area contributed by atoms with Crippen LogP contribution in [0.4, 0.5) is 0 Å². The molecule has 0 aliphatic carbocycles. The second-order valence-corrected chi connectivity index (χ2v) is 5.57. The molecule has 1 saturated heterocycles. The van der Waals surface area contributed by atoms with Gasteiger partial charge in [0.05, 0.1) is 24.2 Å². The summed E-state index contributed by atoms with van der Waals surface area (Å²) < 4.78 is 1.85. The fourth-order valence-corrected chi connectivity index (χ4v) is 2.92. The SMILES string of the molecule is Cn1cc(CN2CCC[C@@H](c3cc(CO)[nH]n3)C2)cn1. The molecule has 0 bridgehead atoms. The molecular weight excluding hydrogens is 254 g/mol. The fourth-order valence-electron chi connectivity index (χ4n) is 2.92. The van der Waals surface area contributed by atoms with Gasteiger partial charge in [-0.2, -0.15) is 10.2 Å². The van der Waals surface area contributed by atoms with Gasteiger partial charge < -0.3 is 5.11 Å². The van der Waals surface area contributed by atoms with Crippen LogP contribution in [0.1, 0.15) is 35.7 Å². The highest BCUT2D eigenvalue weighted by Crippen LogP contribution is 2.26. The molecule has 6 nitrogen and oxygen atoms in total. The van der Waals surface area contributed by atoms with Crippen LogP contribution in [-0.2, 0) is 20.2 Å². The van der Waals surface area contributed by atoms with Crippen molar-refractivity contribution >= 4 is 0 Å². The highest BCUT2D eigenvalue weighted by molar-refractivity contribution is 5.14. The van der Waals surface area contributed by atoms with Crippen molar-refractivity contribution < 1.29 is 5.11 Å². The van der Waals surface area contributed by atoms with E-state index in [1.54, 1.807) is 0 Å². The molecule has 6 heteroatoms. The average Bonchev–Trinajstić information content (AvgIpc) is 3.08. The lowest BCUT2D eigenvalue weighted by molar-refractivity contribution is 0.198. The number of nitrogens with one attached hydrogen (secondary N) is 1. The Morgan fingerprint density at radius 2 is 2.40 bits per heavy atom. The molecule has 1 atom stereocenters. The van der Waals surface area contributed by atoms with Gasteiger partial charge in [0, 0.05) is 37.8 Å². The number of nitrogens with zero attached hydrogens (tertiary/aromatic N) is 4. The van der Waals surface area contributed by atoms with Crippen molar-refractivity contribution in [3.63, 3.8) is 0 Å². The van der Waals surface area contributed by atoms with Gasteiger partial charge in [-0.3, -0.25) is 14.7 Å². The van der Waals surface area contributed by atoms with Crippen molar-refractivity contribution in [1.82, 2.24) is 24.9 Å². The van der Waals surface area contributed by atoms with Crippen LogP contribution in [0.3, 0.4) is 0 Å². The van der Waals surface area contributed by atoms with Crippen LogP contribution >= 0.6 is 0 Å². The molecule has 0 radical (unpaired) electrons. The van der Waals surface area contributed by atoms with E-state index in [4.69, 9.17) is 5.11 Å². The van der Waals surface area contributed by atoms with Gasteiger partial charge in [-0.1, -0.05) is 0 Å². The first kappa shape index (κ1) is 13.3. The molecule has 1 aliphatic heterocycles. The zero-order chi connectivity index (χ0) is 13.9. The van der Waals surface area contributed by atoms with E-state index in [0.717, 1.165) is 31.0 Å². The van der Waals surface area contributed by atoms with E-state index >= 15 is 0 Å². The summed E-state index contributed by atoms with van der Waals surface area (Å²) in [6.45, 7) is 3.12. The number of likely N-dealkylation sites (tertiary alicyclic amines) is 1. The minimum atomic E-state index is 0.0269. The number of piperidine rings is 1. The monoisotopic (exact) mass is 275 g/mol. The zero-order valence-electron chi connectivity index (χ0n) is 11.8. The molecule has 0 saturated carbocycles. The van der Waals surface area contributed by atoms with Gasteiger partial charge in [-0.15, -0.1) is 0 Å². The highest BCUT2D eigenvalue weighted by atomic mass is 16.3. The van der Waals surface area contributed by atoms with E-state index in [9.17, 15) is 0 Å². The van der Waals surface area contributed by atoms with E-state index in [1.807, 2.05) is 24.0 Å². The number of H-pyrrole nitrogens is 1. The average molecular weight is 275 g/mol. The summed E-state index contributed by atoms with van der Waals surface area (Å²) in [5.74, 6) is 0.456. The summed E-state index contributed by atoms with van der Waals surface area (Å²) in [4.78, 5) is 2.46. The molecule has 1 aliphatic rings. The van der Waals surface area contributed by atoms with Crippen LogP contribution in [0.5, 0.6) is 0 Å². The highest BCUT2D eigenvalue weighted by Gasteiger charge is 2.23. The Morgan fingerprint density at radius 3 is 3.10 bits per heavy atom. The maximum atomic E-state index is 9.11. The van der Waals surface area contributed by atoms with Crippen molar-refractivity contribution in [2.45, 2.75) is 31.9 Å². The smallest absolute Gasteiger partial charge is 0.0847 e. The summed E-state index contributed by atoms with van der Waals surface area (Å²) in [6, 6.07) is 1.98. The number of hydrogen-bond acceptors (Lipinski definition) is 4. The molecule has 3 heterocycles. The van der Waals surface area contributed by atoms with E-state index in [2.05, 4.69) is 26.4 Å². The zero-order valence-corrected chi connectivity index (χ0v) is 11.8. The topological polar surface area (TPSA) is 70.0 Å². The van der Waals surface area contributed by atoms with Crippen molar-refractivity contribution in [2.75, 3.05) is 13.1 Å². The van der Waals surface area contributed by atoms with Crippen molar-refractivity contribution in [3.05, 3.63) is 35.4 Å². The molecular formula is C14H21N5O. The summed E-state index contributed by atoms with van der Waals surface area (Å²) in [5.41, 5.74) is 3.13. The second-order valence-electron chi connectivity index (χ2n) is 5.57. The largest absolute Gasteiger partial charge is 0.390 e. The van der Waals surface area contributed by atoms with Gasteiger partial charge in [0.25, 0.3) is 0 Å². The maximum Gasteiger partial charge on any atom is 0.0847 e. The summed E-state index contributed by atoms with van der Waals surface area (Å²) in [5, 5.41) is 20.5. The Bertz CT molecular complexity index is 561. The minimum Gasteiger partial charge on any atom is -0.390 e. The Morgan fingerprint density at radius 1 is 1.50 bits per heavy atom. The first-order valence-electron chi connectivity index (χ1n) is 7.09. The molecule has 108 valence electrons. The molecule has 2 N–H and O–H groups in total. The van der Waals surface area contributed by atoms with Crippen molar-refractivity contribution in [2.24, 2.45) is 7.05 Å². The van der Waals surface area contributed by atoms with Gasteiger partial charge in [0.1, 0.15) is 0 Å². The van der Waals surface area contributed by atoms with E-state index in [1.165, 1.54) is 18.4 Å². The predicted molar refractivity (Wildman–Crippen MR) is 75.0 cm³/mol. The Kier molecular flexibility index (Phi) is 3.84. The first-order valence-corrected chi connectivity index (χ1v) is 7.09. The molecule has 3 rings (SSSR count). The lowest BCUT2D eigenvalue weighted by Gasteiger charge is -2.31. The minimum absolute atomic E-state index is 0.0269. The number of aliphatic hydroxyl groups excluding tert-OH is 1. The number of rotatable bonds is 4. The number of aliphatic hydroxyl groups is 1. The van der Waals surface area contributed by atoms with Crippen LogP contribution in [0.25, 0.3) is 0 Å². The molecule has 20 heavy (non-hydrogen) atoms. The number of hydrogen-bond donors (Lipinski definition) is 2. The van der Waals surface area contributed by atoms with Crippen LogP contribution in [0.15, 0.2) is 18.5 Å². The van der Waals surface area contributed by atoms with Crippen molar-refractivity contribution in [3.8, 4) is 0 Å².